The first kappa shape index (κ1) is 15.9. The van der Waals surface area contributed by atoms with Crippen LogP contribution in [0, 0.1) is 5.92 Å². The molecule has 1 atom stereocenters. The van der Waals surface area contributed by atoms with Crippen LogP contribution in [0.2, 0.25) is 0 Å². The second-order valence-corrected chi connectivity index (χ2v) is 8.17. The summed E-state index contributed by atoms with van der Waals surface area (Å²) in [5, 5.41) is 0. The van der Waals surface area contributed by atoms with Crippen molar-refractivity contribution in [1.82, 2.24) is 9.80 Å². The molecule has 2 aliphatic heterocycles. The molecule has 1 aliphatic carbocycles. The SMILES string of the molecule is COCCN1C(=O)CS(=O)C12CCN(C(=O)C1CCC1)CC2. The van der Waals surface area contributed by atoms with E-state index in [1.54, 1.807) is 12.0 Å². The van der Waals surface area contributed by atoms with Gasteiger partial charge in [-0.15, -0.1) is 0 Å². The first-order valence-corrected chi connectivity index (χ1v) is 9.37. The number of carbonyl (C=O) groups excluding carboxylic acids is 2. The van der Waals surface area contributed by atoms with Gasteiger partial charge in [0.2, 0.25) is 11.8 Å². The summed E-state index contributed by atoms with van der Waals surface area (Å²) in [5.74, 6) is 0.517. The van der Waals surface area contributed by atoms with Crippen LogP contribution in [0.25, 0.3) is 0 Å². The molecule has 3 rings (SSSR count). The van der Waals surface area contributed by atoms with Crippen LogP contribution < -0.4 is 0 Å². The summed E-state index contributed by atoms with van der Waals surface area (Å²) in [6.07, 6.45) is 4.40. The Morgan fingerprint density at radius 3 is 2.59 bits per heavy atom. The molecule has 2 amide bonds. The molecule has 0 radical (unpaired) electrons. The minimum atomic E-state index is -1.18. The number of likely N-dealkylation sites (tertiary alicyclic amines) is 1. The zero-order valence-electron chi connectivity index (χ0n) is 13.1. The molecule has 2 heterocycles. The van der Waals surface area contributed by atoms with Gasteiger partial charge in [0.1, 0.15) is 10.6 Å². The zero-order chi connectivity index (χ0) is 15.7. The molecule has 124 valence electrons. The minimum absolute atomic E-state index is 0.0471. The molecule has 1 saturated carbocycles. The number of methoxy groups -OCH3 is 1. The van der Waals surface area contributed by atoms with Crippen molar-refractivity contribution >= 4 is 22.6 Å². The topological polar surface area (TPSA) is 66.9 Å². The number of rotatable bonds is 4. The van der Waals surface area contributed by atoms with Crippen LogP contribution >= 0.6 is 0 Å². The fraction of sp³-hybridized carbons (Fsp3) is 0.867. The van der Waals surface area contributed by atoms with Crippen LogP contribution in [-0.4, -0.2) is 69.8 Å². The van der Waals surface area contributed by atoms with E-state index in [0.29, 0.717) is 39.1 Å². The monoisotopic (exact) mass is 328 g/mol. The van der Waals surface area contributed by atoms with E-state index in [0.717, 1.165) is 19.3 Å². The second-order valence-electron chi connectivity index (χ2n) is 6.43. The van der Waals surface area contributed by atoms with Gasteiger partial charge in [-0.1, -0.05) is 6.42 Å². The largest absolute Gasteiger partial charge is 0.383 e. The summed E-state index contributed by atoms with van der Waals surface area (Å²) in [5.41, 5.74) is 0. The van der Waals surface area contributed by atoms with E-state index in [-0.39, 0.29) is 23.5 Å². The molecule has 1 unspecified atom stereocenters. The highest BCUT2D eigenvalue weighted by molar-refractivity contribution is 7.87. The molecule has 3 aliphatic rings. The lowest BCUT2D eigenvalue weighted by atomic mass is 9.84. The molecular weight excluding hydrogens is 304 g/mol. The number of ether oxygens (including phenoxy) is 1. The van der Waals surface area contributed by atoms with Crippen LogP contribution in [0.5, 0.6) is 0 Å². The molecule has 0 aromatic rings. The van der Waals surface area contributed by atoms with Crippen molar-refractivity contribution in [2.24, 2.45) is 5.92 Å². The van der Waals surface area contributed by atoms with Crippen molar-refractivity contribution in [2.45, 2.75) is 37.0 Å². The lowest BCUT2D eigenvalue weighted by molar-refractivity contribution is -0.141. The van der Waals surface area contributed by atoms with Crippen LogP contribution in [0.4, 0.5) is 0 Å². The summed E-state index contributed by atoms with van der Waals surface area (Å²) in [6, 6.07) is 0. The third kappa shape index (κ3) is 2.58. The maximum Gasteiger partial charge on any atom is 0.236 e. The highest BCUT2D eigenvalue weighted by Crippen LogP contribution is 2.38. The Morgan fingerprint density at radius 2 is 2.05 bits per heavy atom. The molecular formula is C15H24N2O4S. The first-order valence-electron chi connectivity index (χ1n) is 8.05. The Morgan fingerprint density at radius 1 is 1.36 bits per heavy atom. The van der Waals surface area contributed by atoms with E-state index in [2.05, 4.69) is 0 Å². The van der Waals surface area contributed by atoms with Crippen molar-refractivity contribution < 1.29 is 18.5 Å². The number of piperidine rings is 1. The molecule has 6 nitrogen and oxygen atoms in total. The molecule has 0 aromatic heterocycles. The van der Waals surface area contributed by atoms with Crippen LogP contribution in [0.15, 0.2) is 0 Å². The molecule has 0 aromatic carbocycles. The zero-order valence-corrected chi connectivity index (χ0v) is 13.9. The molecule has 2 saturated heterocycles. The predicted molar refractivity (Wildman–Crippen MR) is 82.5 cm³/mol. The normalized spacial score (nSPS) is 28.2. The average Bonchev–Trinajstić information content (AvgIpc) is 2.67. The number of nitrogens with zero attached hydrogens (tertiary/aromatic N) is 2. The van der Waals surface area contributed by atoms with Gasteiger partial charge in [-0.05, 0) is 12.8 Å². The van der Waals surface area contributed by atoms with Gasteiger partial charge in [0.25, 0.3) is 0 Å². The number of carbonyl (C=O) groups is 2. The third-order valence-corrected chi connectivity index (χ3v) is 7.29. The summed E-state index contributed by atoms with van der Waals surface area (Å²) >= 11 is 0. The molecule has 3 fully saturated rings. The van der Waals surface area contributed by atoms with E-state index < -0.39 is 15.7 Å². The Balaban J connectivity index is 1.67. The van der Waals surface area contributed by atoms with Gasteiger partial charge in [-0.25, -0.2) is 0 Å². The second kappa shape index (κ2) is 6.28. The van der Waals surface area contributed by atoms with Crippen molar-refractivity contribution in [3.05, 3.63) is 0 Å². The maximum atomic E-state index is 12.5. The smallest absolute Gasteiger partial charge is 0.236 e. The maximum absolute atomic E-state index is 12.5. The van der Waals surface area contributed by atoms with Gasteiger partial charge in [0.05, 0.1) is 17.4 Å². The van der Waals surface area contributed by atoms with E-state index in [1.165, 1.54) is 0 Å². The summed E-state index contributed by atoms with van der Waals surface area (Å²) in [7, 11) is 0.426. The van der Waals surface area contributed by atoms with E-state index >= 15 is 0 Å². The minimum Gasteiger partial charge on any atom is -0.383 e. The third-order valence-electron chi connectivity index (χ3n) is 5.30. The van der Waals surface area contributed by atoms with Crippen molar-refractivity contribution in [3.8, 4) is 0 Å². The van der Waals surface area contributed by atoms with E-state index in [1.807, 2.05) is 4.90 Å². The Labute approximate surface area is 133 Å². The summed E-state index contributed by atoms with van der Waals surface area (Å²) < 4.78 is 17.6. The van der Waals surface area contributed by atoms with Gasteiger partial charge in [-0.2, -0.15) is 0 Å². The summed E-state index contributed by atoms with van der Waals surface area (Å²) in [4.78, 5) is 27.5. The van der Waals surface area contributed by atoms with E-state index in [4.69, 9.17) is 4.74 Å². The van der Waals surface area contributed by atoms with Gasteiger partial charge < -0.3 is 14.5 Å². The molecule has 22 heavy (non-hydrogen) atoms. The van der Waals surface area contributed by atoms with Crippen molar-refractivity contribution in [2.75, 3.05) is 39.1 Å². The van der Waals surface area contributed by atoms with Crippen molar-refractivity contribution in [1.29, 1.82) is 0 Å². The van der Waals surface area contributed by atoms with Crippen LogP contribution in [0.3, 0.4) is 0 Å². The van der Waals surface area contributed by atoms with Gasteiger partial charge >= 0.3 is 0 Å². The average molecular weight is 328 g/mol. The Kier molecular flexibility index (Phi) is 4.54. The number of amides is 2. The fourth-order valence-corrected chi connectivity index (χ4v) is 5.40. The Hall–Kier alpha value is -0.950. The summed E-state index contributed by atoms with van der Waals surface area (Å²) in [6.45, 7) is 2.16. The molecule has 0 N–H and O–H groups in total. The molecule has 7 heteroatoms. The first-order chi connectivity index (χ1) is 10.6. The number of hydrogen-bond donors (Lipinski definition) is 0. The van der Waals surface area contributed by atoms with Crippen LogP contribution in [-0.2, 0) is 25.1 Å². The Bertz CT molecular complexity index is 484. The van der Waals surface area contributed by atoms with Gasteiger partial charge in [-0.3, -0.25) is 13.8 Å². The lowest BCUT2D eigenvalue weighted by Gasteiger charge is -2.44. The van der Waals surface area contributed by atoms with Crippen molar-refractivity contribution in [3.63, 3.8) is 0 Å². The highest BCUT2D eigenvalue weighted by Gasteiger charge is 2.53. The molecule has 0 bridgehead atoms. The fourth-order valence-electron chi connectivity index (χ4n) is 3.67. The number of hydrogen-bond acceptors (Lipinski definition) is 4. The standard InChI is InChI=1S/C15H24N2O4S/c1-21-10-9-17-13(18)11-22(20)15(17)5-7-16(8-6-15)14(19)12-3-2-4-12/h12H,2-11H2,1H3. The quantitative estimate of drug-likeness (QED) is 0.746. The molecule has 1 spiro atoms. The van der Waals surface area contributed by atoms with Crippen LogP contribution in [0.1, 0.15) is 32.1 Å². The lowest BCUT2D eigenvalue weighted by Crippen LogP contribution is -2.57. The predicted octanol–water partition coefficient (Wildman–Crippen LogP) is 0.343. The van der Waals surface area contributed by atoms with Gasteiger partial charge in [0, 0.05) is 45.5 Å². The van der Waals surface area contributed by atoms with Gasteiger partial charge in [0.15, 0.2) is 0 Å². The highest BCUT2D eigenvalue weighted by atomic mass is 32.2. The van der Waals surface area contributed by atoms with E-state index in [9.17, 15) is 13.8 Å².